The third-order valence-corrected chi connectivity index (χ3v) is 4.69. The molecule has 0 bridgehead atoms. The van der Waals surface area contributed by atoms with Gasteiger partial charge in [-0.05, 0) is 44.0 Å². The maximum absolute atomic E-state index is 12.5. The van der Waals surface area contributed by atoms with Gasteiger partial charge in [-0.3, -0.25) is 14.5 Å². The van der Waals surface area contributed by atoms with Crippen molar-refractivity contribution in [3.8, 4) is 0 Å². The topological polar surface area (TPSA) is 66.6 Å². The lowest BCUT2D eigenvalue weighted by Crippen LogP contribution is -2.47. The van der Waals surface area contributed by atoms with Gasteiger partial charge in [-0.1, -0.05) is 13.3 Å². The zero-order valence-electron chi connectivity index (χ0n) is 13.0. The van der Waals surface area contributed by atoms with Crippen LogP contribution in [0, 0.1) is 0 Å². The Balaban J connectivity index is 1.70. The third kappa shape index (κ3) is 2.61. The predicted molar refractivity (Wildman–Crippen MR) is 85.7 cm³/mol. The first-order chi connectivity index (χ1) is 10.6. The molecular weight excluding hydrogens is 278 g/mol. The van der Waals surface area contributed by atoms with E-state index in [4.69, 9.17) is 5.73 Å². The summed E-state index contributed by atoms with van der Waals surface area (Å²) in [6.45, 7) is 5.22. The number of amides is 2. The molecule has 2 heterocycles. The molecule has 1 saturated heterocycles. The van der Waals surface area contributed by atoms with Gasteiger partial charge in [0.25, 0.3) is 11.8 Å². The van der Waals surface area contributed by atoms with Crippen LogP contribution >= 0.6 is 0 Å². The molecule has 5 heteroatoms. The minimum Gasteiger partial charge on any atom is -0.399 e. The third-order valence-electron chi connectivity index (χ3n) is 4.69. The lowest BCUT2D eigenvalue weighted by atomic mass is 10.0. The molecule has 0 unspecified atom stereocenters. The average molecular weight is 301 g/mol. The van der Waals surface area contributed by atoms with Gasteiger partial charge >= 0.3 is 0 Å². The lowest BCUT2D eigenvalue weighted by molar-refractivity contribution is 0.0502. The summed E-state index contributed by atoms with van der Waals surface area (Å²) < 4.78 is 0. The summed E-state index contributed by atoms with van der Waals surface area (Å²) in [6.07, 6.45) is 4.13. The molecular formula is C17H23N3O2. The maximum Gasteiger partial charge on any atom is 0.261 e. The van der Waals surface area contributed by atoms with Gasteiger partial charge in [0.1, 0.15) is 0 Å². The number of nitrogens with two attached hydrogens (primary N) is 1. The first kappa shape index (κ1) is 15.0. The van der Waals surface area contributed by atoms with E-state index >= 15 is 0 Å². The Bertz CT molecular complexity index is 592. The minimum absolute atomic E-state index is 0.0199. The molecule has 0 saturated carbocycles. The second-order valence-electron chi connectivity index (χ2n) is 6.21. The molecule has 2 amide bonds. The van der Waals surface area contributed by atoms with Gasteiger partial charge < -0.3 is 10.6 Å². The number of hydrogen-bond acceptors (Lipinski definition) is 4. The molecule has 0 radical (unpaired) electrons. The van der Waals surface area contributed by atoms with Crippen LogP contribution < -0.4 is 5.73 Å². The van der Waals surface area contributed by atoms with Crippen molar-refractivity contribution in [1.82, 2.24) is 9.80 Å². The van der Waals surface area contributed by atoms with Crippen molar-refractivity contribution in [2.24, 2.45) is 0 Å². The molecule has 5 nitrogen and oxygen atoms in total. The Morgan fingerprint density at radius 1 is 1.14 bits per heavy atom. The molecule has 1 aromatic rings. The number of benzene rings is 1. The van der Waals surface area contributed by atoms with Crippen molar-refractivity contribution in [1.29, 1.82) is 0 Å². The van der Waals surface area contributed by atoms with Gasteiger partial charge in [0, 0.05) is 24.8 Å². The van der Waals surface area contributed by atoms with Crippen LogP contribution in [-0.2, 0) is 0 Å². The normalized spacial score (nSPS) is 19.8. The monoisotopic (exact) mass is 301 g/mol. The first-order valence-electron chi connectivity index (χ1n) is 8.11. The van der Waals surface area contributed by atoms with E-state index in [1.807, 2.05) is 0 Å². The van der Waals surface area contributed by atoms with Crippen LogP contribution in [0.2, 0.25) is 0 Å². The molecule has 2 aliphatic heterocycles. The molecule has 0 aliphatic carbocycles. The Hall–Kier alpha value is -1.88. The van der Waals surface area contributed by atoms with E-state index in [-0.39, 0.29) is 17.9 Å². The molecule has 0 spiro atoms. The Kier molecular flexibility index (Phi) is 4.16. The molecule has 2 aliphatic rings. The van der Waals surface area contributed by atoms with Crippen molar-refractivity contribution in [3.05, 3.63) is 29.3 Å². The van der Waals surface area contributed by atoms with Gasteiger partial charge in [0.05, 0.1) is 11.1 Å². The van der Waals surface area contributed by atoms with Crippen LogP contribution in [0.4, 0.5) is 5.69 Å². The summed E-state index contributed by atoms with van der Waals surface area (Å²) in [5.41, 5.74) is 7.21. The second kappa shape index (κ2) is 6.08. The molecule has 22 heavy (non-hydrogen) atoms. The summed E-state index contributed by atoms with van der Waals surface area (Å²) in [5.74, 6) is -0.341. The van der Waals surface area contributed by atoms with Crippen LogP contribution in [-0.4, -0.2) is 47.3 Å². The highest BCUT2D eigenvalue weighted by atomic mass is 16.2. The number of likely N-dealkylation sites (tertiary alicyclic amines) is 1. The van der Waals surface area contributed by atoms with Crippen LogP contribution in [0.3, 0.4) is 0 Å². The SMILES string of the molecule is CCCCN1CCC(N2C(=O)c3ccc(N)cc3C2=O)CC1. The minimum atomic E-state index is -0.181. The van der Waals surface area contributed by atoms with Crippen LogP contribution in [0.5, 0.6) is 0 Å². The highest BCUT2D eigenvalue weighted by molar-refractivity contribution is 6.21. The Morgan fingerprint density at radius 2 is 1.82 bits per heavy atom. The fourth-order valence-electron chi connectivity index (χ4n) is 3.39. The number of imide groups is 1. The summed E-state index contributed by atoms with van der Waals surface area (Å²) in [5, 5.41) is 0. The van der Waals surface area contributed by atoms with E-state index in [9.17, 15) is 9.59 Å². The number of hydrogen-bond donors (Lipinski definition) is 1. The number of carbonyl (C=O) groups excluding carboxylic acids is 2. The van der Waals surface area contributed by atoms with Crippen molar-refractivity contribution in [2.75, 3.05) is 25.4 Å². The van der Waals surface area contributed by atoms with Crippen LogP contribution in [0.25, 0.3) is 0 Å². The van der Waals surface area contributed by atoms with Gasteiger partial charge in [-0.25, -0.2) is 0 Å². The van der Waals surface area contributed by atoms with Crippen LogP contribution in [0.1, 0.15) is 53.3 Å². The van der Waals surface area contributed by atoms with E-state index < -0.39 is 0 Å². The second-order valence-corrected chi connectivity index (χ2v) is 6.21. The highest BCUT2D eigenvalue weighted by Gasteiger charge is 2.40. The average Bonchev–Trinajstić information content (AvgIpc) is 2.77. The van der Waals surface area contributed by atoms with E-state index in [1.54, 1.807) is 18.2 Å². The van der Waals surface area contributed by atoms with Crippen molar-refractivity contribution < 1.29 is 9.59 Å². The highest BCUT2D eigenvalue weighted by Crippen LogP contribution is 2.29. The number of piperidine rings is 1. The molecule has 1 aromatic carbocycles. The summed E-state index contributed by atoms with van der Waals surface area (Å²) in [6, 6.07) is 4.99. The largest absolute Gasteiger partial charge is 0.399 e. The molecule has 1 fully saturated rings. The standard InChI is InChI=1S/C17H23N3O2/c1-2-3-8-19-9-6-13(7-10-19)20-16(21)14-5-4-12(18)11-15(14)17(20)22/h4-5,11,13H,2-3,6-10,18H2,1H3. The van der Waals surface area contributed by atoms with Gasteiger partial charge in [0.15, 0.2) is 0 Å². The molecule has 3 rings (SSSR count). The summed E-state index contributed by atoms with van der Waals surface area (Å²) >= 11 is 0. The lowest BCUT2D eigenvalue weighted by Gasteiger charge is -2.35. The fourth-order valence-corrected chi connectivity index (χ4v) is 3.39. The Labute approximate surface area is 131 Å². The predicted octanol–water partition coefficient (Wildman–Crippen LogP) is 2.13. The molecule has 118 valence electrons. The maximum atomic E-state index is 12.5. The van der Waals surface area contributed by atoms with Gasteiger partial charge in [-0.2, -0.15) is 0 Å². The smallest absolute Gasteiger partial charge is 0.261 e. The zero-order chi connectivity index (χ0) is 15.7. The summed E-state index contributed by atoms with van der Waals surface area (Å²) in [7, 11) is 0. The van der Waals surface area contributed by atoms with Crippen molar-refractivity contribution in [2.45, 2.75) is 38.6 Å². The van der Waals surface area contributed by atoms with Crippen molar-refractivity contribution >= 4 is 17.5 Å². The molecule has 0 aromatic heterocycles. The first-order valence-corrected chi connectivity index (χ1v) is 8.11. The summed E-state index contributed by atoms with van der Waals surface area (Å²) in [4.78, 5) is 29.0. The Morgan fingerprint density at radius 3 is 2.50 bits per heavy atom. The van der Waals surface area contributed by atoms with E-state index in [0.29, 0.717) is 16.8 Å². The molecule has 0 atom stereocenters. The molecule has 2 N–H and O–H groups in total. The van der Waals surface area contributed by atoms with Gasteiger partial charge in [-0.15, -0.1) is 0 Å². The number of fused-ring (bicyclic) bond motifs is 1. The number of carbonyl (C=O) groups is 2. The number of nitrogen functional groups attached to an aromatic ring is 1. The zero-order valence-corrected chi connectivity index (χ0v) is 13.0. The number of nitrogens with zero attached hydrogens (tertiary/aromatic N) is 2. The van der Waals surface area contributed by atoms with E-state index in [2.05, 4.69) is 11.8 Å². The van der Waals surface area contributed by atoms with E-state index in [0.717, 1.165) is 32.5 Å². The van der Waals surface area contributed by atoms with E-state index in [1.165, 1.54) is 17.7 Å². The van der Waals surface area contributed by atoms with Crippen LogP contribution in [0.15, 0.2) is 18.2 Å². The fraction of sp³-hybridized carbons (Fsp3) is 0.529. The van der Waals surface area contributed by atoms with Gasteiger partial charge in [0.2, 0.25) is 0 Å². The van der Waals surface area contributed by atoms with Crippen molar-refractivity contribution in [3.63, 3.8) is 0 Å². The quantitative estimate of drug-likeness (QED) is 0.683. The number of anilines is 1. The number of rotatable bonds is 4. The number of unbranched alkanes of at least 4 members (excludes halogenated alkanes) is 1.